The number of thioether (sulfide) groups is 1. The molecule has 90 valence electrons. The van der Waals surface area contributed by atoms with E-state index in [1.165, 1.54) is 30.8 Å². The summed E-state index contributed by atoms with van der Waals surface area (Å²) in [5.41, 5.74) is 5.87. The van der Waals surface area contributed by atoms with Gasteiger partial charge >= 0.3 is 0 Å². The minimum atomic E-state index is 0.694. The van der Waals surface area contributed by atoms with Gasteiger partial charge in [-0.2, -0.15) is 4.37 Å². The van der Waals surface area contributed by atoms with Crippen molar-refractivity contribution >= 4 is 34.1 Å². The summed E-state index contributed by atoms with van der Waals surface area (Å²) in [5, 5.41) is 1.26. The molecule has 0 aromatic carbocycles. The van der Waals surface area contributed by atoms with E-state index in [0.717, 1.165) is 17.4 Å². The molecule has 0 radical (unpaired) electrons. The Morgan fingerprint density at radius 2 is 2.31 bits per heavy atom. The number of rotatable bonds is 5. The third-order valence-electron chi connectivity index (χ3n) is 3.23. The second-order valence-electron chi connectivity index (χ2n) is 4.24. The van der Waals surface area contributed by atoms with Gasteiger partial charge < -0.3 is 10.6 Å². The average molecular weight is 257 g/mol. The Balaban J connectivity index is 2.11. The number of hydrogen-bond donors (Lipinski definition) is 1. The van der Waals surface area contributed by atoms with Crippen molar-refractivity contribution in [2.75, 3.05) is 30.0 Å². The van der Waals surface area contributed by atoms with Crippen molar-refractivity contribution in [3.05, 3.63) is 0 Å². The van der Waals surface area contributed by atoms with E-state index in [1.807, 2.05) is 0 Å². The molecule has 0 amide bonds. The maximum Gasteiger partial charge on any atom is 0.153 e. The van der Waals surface area contributed by atoms with Crippen LogP contribution in [-0.4, -0.2) is 23.7 Å². The smallest absolute Gasteiger partial charge is 0.153 e. The SMILES string of the molecule is CCN(CC1CCC1)c1snc(N)c1SC. The molecule has 1 aliphatic rings. The number of nitrogens with zero attached hydrogens (tertiary/aromatic N) is 2. The van der Waals surface area contributed by atoms with Crippen molar-refractivity contribution in [3.63, 3.8) is 0 Å². The Bertz CT molecular complexity index is 347. The maximum absolute atomic E-state index is 5.87. The van der Waals surface area contributed by atoms with E-state index in [-0.39, 0.29) is 0 Å². The molecular formula is C11H19N3S2. The molecule has 0 unspecified atom stereocenters. The van der Waals surface area contributed by atoms with Gasteiger partial charge in [0.15, 0.2) is 5.82 Å². The summed E-state index contributed by atoms with van der Waals surface area (Å²) in [4.78, 5) is 3.59. The molecule has 5 heteroatoms. The topological polar surface area (TPSA) is 42.2 Å². The summed E-state index contributed by atoms with van der Waals surface area (Å²) in [6, 6.07) is 0. The molecule has 1 saturated carbocycles. The van der Waals surface area contributed by atoms with Gasteiger partial charge in [0.05, 0.1) is 4.90 Å². The van der Waals surface area contributed by atoms with Crippen LogP contribution in [-0.2, 0) is 0 Å². The zero-order valence-electron chi connectivity index (χ0n) is 9.90. The second kappa shape index (κ2) is 5.27. The largest absolute Gasteiger partial charge is 0.382 e. The molecule has 2 rings (SSSR count). The van der Waals surface area contributed by atoms with Crippen molar-refractivity contribution in [1.29, 1.82) is 0 Å². The first-order valence-electron chi connectivity index (χ1n) is 5.80. The number of hydrogen-bond acceptors (Lipinski definition) is 5. The lowest BCUT2D eigenvalue weighted by molar-refractivity contribution is 0.318. The van der Waals surface area contributed by atoms with Crippen LogP contribution in [0.25, 0.3) is 0 Å². The van der Waals surface area contributed by atoms with E-state index < -0.39 is 0 Å². The Morgan fingerprint density at radius 3 is 2.81 bits per heavy atom. The molecule has 1 fully saturated rings. The first kappa shape index (κ1) is 12.0. The average Bonchev–Trinajstić information content (AvgIpc) is 2.58. The van der Waals surface area contributed by atoms with E-state index in [4.69, 9.17) is 5.73 Å². The third kappa shape index (κ3) is 2.30. The van der Waals surface area contributed by atoms with Gasteiger partial charge in [-0.1, -0.05) is 6.42 Å². The van der Waals surface area contributed by atoms with E-state index >= 15 is 0 Å². The van der Waals surface area contributed by atoms with Crippen LogP contribution in [0.5, 0.6) is 0 Å². The van der Waals surface area contributed by atoms with Gasteiger partial charge in [-0.3, -0.25) is 0 Å². The van der Waals surface area contributed by atoms with Crippen LogP contribution >= 0.6 is 23.3 Å². The van der Waals surface area contributed by atoms with Crippen LogP contribution in [0, 0.1) is 5.92 Å². The van der Waals surface area contributed by atoms with Crippen molar-refractivity contribution in [2.45, 2.75) is 31.1 Å². The summed E-state index contributed by atoms with van der Waals surface area (Å²) < 4.78 is 4.26. The molecule has 16 heavy (non-hydrogen) atoms. The highest BCUT2D eigenvalue weighted by Gasteiger charge is 2.23. The molecule has 2 N–H and O–H groups in total. The Kier molecular flexibility index (Phi) is 3.97. The molecule has 0 bridgehead atoms. The Hall–Kier alpha value is -0.420. The Labute approximate surface area is 106 Å². The third-order valence-corrected chi connectivity index (χ3v) is 5.10. The van der Waals surface area contributed by atoms with Crippen LogP contribution in [0.3, 0.4) is 0 Å². The molecule has 1 aromatic heterocycles. The predicted octanol–water partition coefficient (Wildman–Crippen LogP) is 3.07. The van der Waals surface area contributed by atoms with Gasteiger partial charge in [-0.15, -0.1) is 11.8 Å². The summed E-state index contributed by atoms with van der Waals surface area (Å²) in [7, 11) is 0. The van der Waals surface area contributed by atoms with Crippen molar-refractivity contribution in [3.8, 4) is 0 Å². The van der Waals surface area contributed by atoms with Crippen LogP contribution in [0.4, 0.5) is 10.8 Å². The van der Waals surface area contributed by atoms with Crippen molar-refractivity contribution < 1.29 is 0 Å². The summed E-state index contributed by atoms with van der Waals surface area (Å²) in [5.74, 6) is 1.58. The van der Waals surface area contributed by atoms with E-state index in [1.54, 1.807) is 23.3 Å². The molecular weight excluding hydrogens is 238 g/mol. The standard InChI is InChI=1S/C11H19N3S2/c1-3-14(7-8-5-4-6-8)11-9(15-2)10(12)13-16-11/h8H,3-7H2,1-2H3,(H2,12,13). The second-order valence-corrected chi connectivity index (χ2v) is 5.81. The molecule has 3 nitrogen and oxygen atoms in total. The number of nitrogens with two attached hydrogens (primary N) is 1. The summed E-state index contributed by atoms with van der Waals surface area (Å²) in [6.45, 7) is 4.43. The number of aromatic nitrogens is 1. The van der Waals surface area contributed by atoms with Gasteiger partial charge in [0.1, 0.15) is 5.00 Å². The fraction of sp³-hybridized carbons (Fsp3) is 0.727. The molecule has 0 spiro atoms. The van der Waals surface area contributed by atoms with Crippen LogP contribution in [0.15, 0.2) is 4.90 Å². The lowest BCUT2D eigenvalue weighted by Crippen LogP contribution is -2.32. The molecule has 1 heterocycles. The lowest BCUT2D eigenvalue weighted by Gasteiger charge is -2.32. The fourth-order valence-corrected chi connectivity index (χ4v) is 3.78. The molecule has 1 aliphatic carbocycles. The predicted molar refractivity (Wildman–Crippen MR) is 73.5 cm³/mol. The highest BCUT2D eigenvalue weighted by molar-refractivity contribution is 7.99. The number of nitrogen functional groups attached to an aromatic ring is 1. The zero-order valence-corrected chi connectivity index (χ0v) is 11.5. The fourth-order valence-electron chi connectivity index (χ4n) is 2.02. The van der Waals surface area contributed by atoms with Gasteiger partial charge in [-0.25, -0.2) is 0 Å². The quantitative estimate of drug-likeness (QED) is 0.823. The normalized spacial score (nSPS) is 16.1. The van der Waals surface area contributed by atoms with E-state index in [2.05, 4.69) is 22.5 Å². The molecule has 0 aliphatic heterocycles. The van der Waals surface area contributed by atoms with Gasteiger partial charge in [-0.05, 0) is 43.5 Å². The zero-order chi connectivity index (χ0) is 11.5. The summed E-state index contributed by atoms with van der Waals surface area (Å²) >= 11 is 3.25. The lowest BCUT2D eigenvalue weighted by atomic mass is 9.85. The molecule has 1 aromatic rings. The van der Waals surface area contributed by atoms with Crippen molar-refractivity contribution in [1.82, 2.24) is 4.37 Å². The van der Waals surface area contributed by atoms with E-state index in [0.29, 0.717) is 5.82 Å². The first-order valence-corrected chi connectivity index (χ1v) is 7.80. The van der Waals surface area contributed by atoms with Crippen LogP contribution in [0.2, 0.25) is 0 Å². The minimum absolute atomic E-state index is 0.694. The van der Waals surface area contributed by atoms with Gasteiger partial charge in [0.25, 0.3) is 0 Å². The van der Waals surface area contributed by atoms with E-state index in [9.17, 15) is 0 Å². The summed E-state index contributed by atoms with van der Waals surface area (Å²) in [6.07, 6.45) is 6.25. The minimum Gasteiger partial charge on any atom is -0.382 e. The highest BCUT2D eigenvalue weighted by Crippen LogP contribution is 2.39. The highest BCUT2D eigenvalue weighted by atomic mass is 32.2. The van der Waals surface area contributed by atoms with Gasteiger partial charge in [0, 0.05) is 13.1 Å². The molecule has 0 atom stereocenters. The monoisotopic (exact) mass is 257 g/mol. The van der Waals surface area contributed by atoms with Crippen LogP contribution in [0.1, 0.15) is 26.2 Å². The maximum atomic E-state index is 5.87. The Morgan fingerprint density at radius 1 is 1.56 bits per heavy atom. The van der Waals surface area contributed by atoms with Gasteiger partial charge in [0.2, 0.25) is 0 Å². The van der Waals surface area contributed by atoms with Crippen molar-refractivity contribution in [2.24, 2.45) is 5.92 Å². The van der Waals surface area contributed by atoms with Crippen LogP contribution < -0.4 is 10.6 Å². The first-order chi connectivity index (χ1) is 7.76. The molecule has 0 saturated heterocycles. The number of anilines is 2.